The molecule has 2 aliphatic heterocycles. The number of piperidine rings is 1. The van der Waals surface area contributed by atoms with Crippen LogP contribution in [0, 0.1) is 5.41 Å². The standard InChI is InChI=1S/C20H24N6O3/c1-20(12-29-13-20)11-25-10-16(22-23-25)18(27)24-8-6-14(7-9-24)26-17-5-3-2-4-15(17)21-19(26)28/h2-5,10,14H,6-9,11-13H2,1H3,(H,21,28). The lowest BCUT2D eigenvalue weighted by atomic mass is 9.89. The summed E-state index contributed by atoms with van der Waals surface area (Å²) in [7, 11) is 0. The summed E-state index contributed by atoms with van der Waals surface area (Å²) in [5, 5.41) is 8.19. The zero-order valence-corrected chi connectivity index (χ0v) is 16.4. The van der Waals surface area contributed by atoms with Crippen LogP contribution in [-0.4, -0.2) is 61.7 Å². The third kappa shape index (κ3) is 3.25. The number of fused-ring (bicyclic) bond motifs is 1. The van der Waals surface area contributed by atoms with Crippen LogP contribution in [0.3, 0.4) is 0 Å². The summed E-state index contributed by atoms with van der Waals surface area (Å²) in [6, 6.07) is 7.79. The number of para-hydroxylation sites is 2. The number of nitrogens with one attached hydrogen (secondary N) is 1. The topological polar surface area (TPSA) is 98.0 Å². The molecule has 2 aliphatic rings. The minimum Gasteiger partial charge on any atom is -0.380 e. The van der Waals surface area contributed by atoms with Crippen LogP contribution in [0.4, 0.5) is 0 Å². The normalized spacial score (nSPS) is 19.4. The highest BCUT2D eigenvalue weighted by atomic mass is 16.5. The smallest absolute Gasteiger partial charge is 0.326 e. The third-order valence-electron chi connectivity index (χ3n) is 5.94. The maximum Gasteiger partial charge on any atom is 0.326 e. The first-order valence-corrected chi connectivity index (χ1v) is 9.99. The van der Waals surface area contributed by atoms with Crippen LogP contribution in [-0.2, 0) is 11.3 Å². The Morgan fingerprint density at radius 1 is 1.28 bits per heavy atom. The molecular weight excluding hydrogens is 372 g/mol. The Labute approximate surface area is 167 Å². The van der Waals surface area contributed by atoms with Crippen LogP contribution in [0.15, 0.2) is 35.3 Å². The minimum atomic E-state index is -0.101. The molecule has 2 fully saturated rings. The Morgan fingerprint density at radius 3 is 2.76 bits per heavy atom. The SMILES string of the molecule is CC1(Cn2cc(C(=O)N3CCC(n4c(=O)[nH]c5ccccc54)CC3)nn2)COC1. The molecule has 1 amide bonds. The molecule has 0 radical (unpaired) electrons. The molecule has 1 aromatic carbocycles. The largest absolute Gasteiger partial charge is 0.380 e. The van der Waals surface area contributed by atoms with Crippen LogP contribution >= 0.6 is 0 Å². The number of benzene rings is 1. The zero-order valence-electron chi connectivity index (χ0n) is 16.4. The molecule has 2 saturated heterocycles. The Kier molecular flexibility index (Phi) is 4.27. The summed E-state index contributed by atoms with van der Waals surface area (Å²) >= 11 is 0. The lowest BCUT2D eigenvalue weighted by Crippen LogP contribution is -2.43. The first-order chi connectivity index (χ1) is 14.0. The number of imidazole rings is 1. The van der Waals surface area contributed by atoms with Gasteiger partial charge in [0.25, 0.3) is 5.91 Å². The molecule has 2 aromatic heterocycles. The van der Waals surface area contributed by atoms with Crippen molar-refractivity contribution in [2.45, 2.75) is 32.4 Å². The van der Waals surface area contributed by atoms with Crippen LogP contribution in [0.5, 0.6) is 0 Å². The van der Waals surface area contributed by atoms with Gasteiger partial charge in [-0.3, -0.25) is 14.0 Å². The van der Waals surface area contributed by atoms with Gasteiger partial charge < -0.3 is 14.6 Å². The Hall–Kier alpha value is -2.94. The van der Waals surface area contributed by atoms with Gasteiger partial charge in [-0.1, -0.05) is 24.3 Å². The van der Waals surface area contributed by atoms with E-state index in [1.54, 1.807) is 15.8 Å². The van der Waals surface area contributed by atoms with Gasteiger partial charge in [-0.2, -0.15) is 0 Å². The molecule has 5 rings (SSSR count). The predicted molar refractivity (Wildman–Crippen MR) is 106 cm³/mol. The average molecular weight is 396 g/mol. The van der Waals surface area contributed by atoms with Crippen molar-refractivity contribution in [2.24, 2.45) is 5.41 Å². The fraction of sp³-hybridized carbons (Fsp3) is 0.500. The number of hydrogen-bond donors (Lipinski definition) is 1. The van der Waals surface area contributed by atoms with E-state index in [1.807, 2.05) is 28.8 Å². The van der Waals surface area contributed by atoms with E-state index in [0.717, 1.165) is 23.9 Å². The molecule has 0 atom stereocenters. The van der Waals surface area contributed by atoms with Gasteiger partial charge in [-0.15, -0.1) is 5.10 Å². The predicted octanol–water partition coefficient (Wildman–Crippen LogP) is 1.43. The highest BCUT2D eigenvalue weighted by Crippen LogP contribution is 2.28. The monoisotopic (exact) mass is 396 g/mol. The van der Waals surface area contributed by atoms with Gasteiger partial charge in [0, 0.05) is 24.5 Å². The minimum absolute atomic E-state index is 0.0684. The maximum absolute atomic E-state index is 12.8. The van der Waals surface area contributed by atoms with Crippen molar-refractivity contribution in [1.82, 2.24) is 29.4 Å². The number of ether oxygens (including phenoxy) is 1. The van der Waals surface area contributed by atoms with E-state index in [0.29, 0.717) is 38.5 Å². The van der Waals surface area contributed by atoms with Crippen molar-refractivity contribution in [1.29, 1.82) is 0 Å². The maximum atomic E-state index is 12.8. The number of carbonyl (C=O) groups excluding carboxylic acids is 1. The summed E-state index contributed by atoms with van der Waals surface area (Å²) in [6.07, 6.45) is 3.19. The molecule has 0 aliphatic carbocycles. The quantitative estimate of drug-likeness (QED) is 0.720. The van der Waals surface area contributed by atoms with Gasteiger partial charge in [-0.05, 0) is 25.0 Å². The van der Waals surface area contributed by atoms with Crippen LogP contribution in [0.25, 0.3) is 11.0 Å². The zero-order chi connectivity index (χ0) is 20.0. The van der Waals surface area contributed by atoms with Gasteiger partial charge in [0.15, 0.2) is 5.69 Å². The lowest BCUT2D eigenvalue weighted by molar-refractivity contribution is -0.111. The van der Waals surface area contributed by atoms with Crippen molar-refractivity contribution in [2.75, 3.05) is 26.3 Å². The second-order valence-electron chi connectivity index (χ2n) is 8.45. The molecule has 0 saturated carbocycles. The number of rotatable bonds is 4. The molecule has 4 heterocycles. The summed E-state index contributed by atoms with van der Waals surface area (Å²) in [4.78, 5) is 30.0. The van der Waals surface area contributed by atoms with Crippen LogP contribution < -0.4 is 5.69 Å². The van der Waals surface area contributed by atoms with E-state index in [9.17, 15) is 9.59 Å². The van der Waals surface area contributed by atoms with Crippen LogP contribution in [0.1, 0.15) is 36.3 Å². The number of amides is 1. The fourth-order valence-corrected chi connectivity index (χ4v) is 4.33. The van der Waals surface area contributed by atoms with E-state index in [4.69, 9.17) is 4.74 Å². The summed E-state index contributed by atoms with van der Waals surface area (Å²) in [5.74, 6) is -0.101. The van der Waals surface area contributed by atoms with Gasteiger partial charge in [0.2, 0.25) is 0 Å². The van der Waals surface area contributed by atoms with Gasteiger partial charge in [-0.25, -0.2) is 4.79 Å². The van der Waals surface area contributed by atoms with E-state index < -0.39 is 0 Å². The van der Waals surface area contributed by atoms with Gasteiger partial charge >= 0.3 is 5.69 Å². The third-order valence-corrected chi connectivity index (χ3v) is 5.94. The molecule has 9 heteroatoms. The molecule has 29 heavy (non-hydrogen) atoms. The number of likely N-dealkylation sites (tertiary alicyclic amines) is 1. The second kappa shape index (κ2) is 6.84. The number of aromatic amines is 1. The Bertz CT molecular complexity index is 1100. The highest BCUT2D eigenvalue weighted by molar-refractivity contribution is 5.92. The lowest BCUT2D eigenvalue weighted by Gasteiger charge is -2.37. The van der Waals surface area contributed by atoms with E-state index in [-0.39, 0.29) is 23.1 Å². The van der Waals surface area contributed by atoms with Crippen molar-refractivity contribution in [3.05, 3.63) is 46.6 Å². The van der Waals surface area contributed by atoms with Gasteiger partial charge in [0.05, 0.1) is 37.0 Å². The molecule has 0 spiro atoms. The highest BCUT2D eigenvalue weighted by Gasteiger charge is 2.34. The van der Waals surface area contributed by atoms with E-state index in [1.165, 1.54) is 0 Å². The molecule has 1 N–H and O–H groups in total. The average Bonchev–Trinajstić information content (AvgIpc) is 3.30. The first kappa shape index (κ1) is 18.1. The molecule has 0 bridgehead atoms. The number of carbonyl (C=O) groups is 1. The molecule has 0 unspecified atom stereocenters. The molecule has 3 aromatic rings. The molecule has 152 valence electrons. The van der Waals surface area contributed by atoms with Gasteiger partial charge in [0.1, 0.15) is 0 Å². The Balaban J connectivity index is 1.26. The van der Waals surface area contributed by atoms with Crippen molar-refractivity contribution in [3.8, 4) is 0 Å². The first-order valence-electron chi connectivity index (χ1n) is 9.99. The van der Waals surface area contributed by atoms with Crippen molar-refractivity contribution >= 4 is 16.9 Å². The number of H-pyrrole nitrogens is 1. The summed E-state index contributed by atoms with van der Waals surface area (Å²) in [6.45, 7) is 5.42. The summed E-state index contributed by atoms with van der Waals surface area (Å²) < 4.78 is 8.83. The van der Waals surface area contributed by atoms with Crippen molar-refractivity contribution in [3.63, 3.8) is 0 Å². The number of aromatic nitrogens is 5. The number of nitrogens with zero attached hydrogens (tertiary/aromatic N) is 5. The van der Waals surface area contributed by atoms with E-state index >= 15 is 0 Å². The van der Waals surface area contributed by atoms with Crippen molar-refractivity contribution < 1.29 is 9.53 Å². The van der Waals surface area contributed by atoms with Crippen LogP contribution in [0.2, 0.25) is 0 Å². The molecular formula is C20H24N6O3. The van der Waals surface area contributed by atoms with E-state index in [2.05, 4.69) is 22.2 Å². The Morgan fingerprint density at radius 2 is 2.03 bits per heavy atom. The summed E-state index contributed by atoms with van der Waals surface area (Å²) in [5.41, 5.74) is 2.11. The second-order valence-corrected chi connectivity index (χ2v) is 8.45. The molecule has 9 nitrogen and oxygen atoms in total. The fourth-order valence-electron chi connectivity index (χ4n) is 4.33. The number of hydrogen-bond acceptors (Lipinski definition) is 5.